The summed E-state index contributed by atoms with van der Waals surface area (Å²) in [4.78, 5) is 12.1. The average molecular weight is 264 g/mol. The molecule has 0 bridgehead atoms. The van der Waals surface area contributed by atoms with E-state index in [1.807, 2.05) is 39.8 Å². The molecule has 0 saturated heterocycles. The highest BCUT2D eigenvalue weighted by atomic mass is 16.3. The Morgan fingerprint density at radius 1 is 1.21 bits per heavy atom. The van der Waals surface area contributed by atoms with Gasteiger partial charge < -0.3 is 16.2 Å². The summed E-state index contributed by atoms with van der Waals surface area (Å²) in [6, 6.07) is 7.28. The van der Waals surface area contributed by atoms with E-state index in [9.17, 15) is 4.79 Å². The summed E-state index contributed by atoms with van der Waals surface area (Å²) in [6.07, 6.45) is 0.520. The number of carbonyl (C=O) groups excluding carboxylic acids is 1. The first kappa shape index (κ1) is 15.7. The Balaban J connectivity index is 2.79. The molecule has 1 rings (SSSR count). The first-order valence-electron chi connectivity index (χ1n) is 6.48. The van der Waals surface area contributed by atoms with Crippen LogP contribution in [0.3, 0.4) is 0 Å². The van der Waals surface area contributed by atoms with Crippen molar-refractivity contribution in [2.75, 3.05) is 6.61 Å². The highest BCUT2D eigenvalue weighted by Crippen LogP contribution is 2.17. The Morgan fingerprint density at radius 3 is 2.16 bits per heavy atom. The smallest absolute Gasteiger partial charge is 0.251 e. The Bertz CT molecular complexity index is 430. The van der Waals surface area contributed by atoms with Gasteiger partial charge in [0.25, 0.3) is 5.91 Å². The molecule has 0 radical (unpaired) electrons. The number of benzene rings is 1. The molecule has 0 unspecified atom stereocenters. The number of rotatable bonds is 5. The number of hydrogen-bond donors (Lipinski definition) is 3. The number of amides is 1. The van der Waals surface area contributed by atoms with Gasteiger partial charge in [0.1, 0.15) is 0 Å². The van der Waals surface area contributed by atoms with Crippen molar-refractivity contribution >= 4 is 5.91 Å². The van der Waals surface area contributed by atoms with E-state index in [-0.39, 0.29) is 12.5 Å². The fraction of sp³-hybridized carbons (Fsp3) is 0.533. The molecule has 1 amide bonds. The molecule has 19 heavy (non-hydrogen) atoms. The Hall–Kier alpha value is -1.39. The van der Waals surface area contributed by atoms with Gasteiger partial charge in [0.15, 0.2) is 0 Å². The second-order valence-corrected chi connectivity index (χ2v) is 6.11. The van der Waals surface area contributed by atoms with Gasteiger partial charge in [0, 0.05) is 23.2 Å². The van der Waals surface area contributed by atoms with Gasteiger partial charge in [-0.15, -0.1) is 0 Å². The molecule has 0 saturated carbocycles. The number of aliphatic hydroxyl groups excluding tert-OH is 1. The standard InChI is InChI=1S/C15H24N2O2/c1-14(2,9-10-18)17-13(19)11-5-7-12(8-6-11)15(3,4)16/h5-8,18H,9-10,16H2,1-4H3,(H,17,19). The van der Waals surface area contributed by atoms with Crippen LogP contribution < -0.4 is 11.1 Å². The predicted molar refractivity (Wildman–Crippen MR) is 76.9 cm³/mol. The molecule has 0 fully saturated rings. The van der Waals surface area contributed by atoms with Crippen LogP contribution in [0.4, 0.5) is 0 Å². The molecule has 0 aliphatic carbocycles. The SMILES string of the molecule is CC(C)(CCO)NC(=O)c1ccc(C(C)(C)N)cc1. The van der Waals surface area contributed by atoms with Gasteiger partial charge >= 0.3 is 0 Å². The van der Waals surface area contributed by atoms with Crippen LogP contribution in [0, 0.1) is 0 Å². The fourth-order valence-electron chi connectivity index (χ4n) is 1.77. The van der Waals surface area contributed by atoms with Gasteiger partial charge in [-0.2, -0.15) is 0 Å². The molecule has 0 aromatic heterocycles. The summed E-state index contributed by atoms with van der Waals surface area (Å²) in [5.41, 5.74) is 6.75. The second kappa shape index (κ2) is 5.72. The quantitative estimate of drug-likeness (QED) is 0.758. The van der Waals surface area contributed by atoms with E-state index < -0.39 is 11.1 Å². The largest absolute Gasteiger partial charge is 0.396 e. The number of hydrogen-bond acceptors (Lipinski definition) is 3. The van der Waals surface area contributed by atoms with Crippen molar-refractivity contribution in [3.8, 4) is 0 Å². The van der Waals surface area contributed by atoms with E-state index in [1.54, 1.807) is 12.1 Å². The molecule has 1 aromatic carbocycles. The molecule has 4 nitrogen and oxygen atoms in total. The summed E-state index contributed by atoms with van der Waals surface area (Å²) in [7, 11) is 0. The maximum atomic E-state index is 12.1. The third-order valence-corrected chi connectivity index (χ3v) is 3.08. The summed E-state index contributed by atoms with van der Waals surface area (Å²) in [6.45, 7) is 7.67. The first-order chi connectivity index (χ1) is 8.65. The van der Waals surface area contributed by atoms with Crippen molar-refractivity contribution in [3.05, 3.63) is 35.4 Å². The maximum absolute atomic E-state index is 12.1. The van der Waals surface area contributed by atoms with Crippen LogP contribution >= 0.6 is 0 Å². The van der Waals surface area contributed by atoms with Crippen molar-refractivity contribution in [3.63, 3.8) is 0 Å². The number of carbonyl (C=O) groups is 1. The van der Waals surface area contributed by atoms with Crippen molar-refractivity contribution in [2.24, 2.45) is 5.73 Å². The van der Waals surface area contributed by atoms with Crippen molar-refractivity contribution < 1.29 is 9.90 Å². The van der Waals surface area contributed by atoms with Crippen LogP contribution in [0.25, 0.3) is 0 Å². The summed E-state index contributed by atoms with van der Waals surface area (Å²) in [5, 5.41) is 11.8. The number of nitrogens with one attached hydrogen (secondary N) is 1. The minimum absolute atomic E-state index is 0.0492. The summed E-state index contributed by atoms with van der Waals surface area (Å²) < 4.78 is 0. The lowest BCUT2D eigenvalue weighted by molar-refractivity contribution is 0.0899. The summed E-state index contributed by atoms with van der Waals surface area (Å²) in [5.74, 6) is -0.139. The third kappa shape index (κ3) is 4.65. The van der Waals surface area contributed by atoms with Gasteiger partial charge in [-0.05, 0) is 51.8 Å². The van der Waals surface area contributed by atoms with Crippen molar-refractivity contribution in [1.29, 1.82) is 0 Å². The highest BCUT2D eigenvalue weighted by Gasteiger charge is 2.21. The lowest BCUT2D eigenvalue weighted by Crippen LogP contribution is -2.44. The lowest BCUT2D eigenvalue weighted by atomic mass is 9.94. The van der Waals surface area contributed by atoms with Gasteiger partial charge in [0.05, 0.1) is 0 Å². The zero-order chi connectivity index (χ0) is 14.7. The van der Waals surface area contributed by atoms with Crippen LogP contribution in [-0.4, -0.2) is 23.2 Å². The predicted octanol–water partition coefficient (Wildman–Crippen LogP) is 1.77. The molecule has 0 spiro atoms. The molecule has 1 aromatic rings. The van der Waals surface area contributed by atoms with E-state index in [0.29, 0.717) is 12.0 Å². The van der Waals surface area contributed by atoms with E-state index >= 15 is 0 Å². The van der Waals surface area contributed by atoms with Gasteiger partial charge in [-0.1, -0.05) is 12.1 Å². The van der Waals surface area contributed by atoms with Gasteiger partial charge in [-0.25, -0.2) is 0 Å². The second-order valence-electron chi connectivity index (χ2n) is 6.11. The maximum Gasteiger partial charge on any atom is 0.251 e. The lowest BCUT2D eigenvalue weighted by Gasteiger charge is -2.25. The molecule has 0 atom stereocenters. The van der Waals surface area contributed by atoms with Crippen LogP contribution in [0.1, 0.15) is 50.0 Å². The van der Waals surface area contributed by atoms with E-state index in [0.717, 1.165) is 5.56 Å². The fourth-order valence-corrected chi connectivity index (χ4v) is 1.77. The Labute approximate surface area is 115 Å². The normalized spacial score (nSPS) is 12.3. The summed E-state index contributed by atoms with van der Waals surface area (Å²) >= 11 is 0. The zero-order valence-corrected chi connectivity index (χ0v) is 12.2. The van der Waals surface area contributed by atoms with Crippen LogP contribution in [0.2, 0.25) is 0 Å². The zero-order valence-electron chi connectivity index (χ0n) is 12.2. The van der Waals surface area contributed by atoms with Gasteiger partial charge in [0.2, 0.25) is 0 Å². The molecular formula is C15H24N2O2. The minimum Gasteiger partial charge on any atom is -0.396 e. The molecule has 0 heterocycles. The third-order valence-electron chi connectivity index (χ3n) is 3.08. The van der Waals surface area contributed by atoms with Crippen LogP contribution in [0.5, 0.6) is 0 Å². The number of aliphatic hydroxyl groups is 1. The molecule has 0 aliphatic heterocycles. The minimum atomic E-state index is -0.419. The molecule has 0 aliphatic rings. The Morgan fingerprint density at radius 2 is 1.74 bits per heavy atom. The van der Waals surface area contributed by atoms with Crippen molar-refractivity contribution in [1.82, 2.24) is 5.32 Å². The average Bonchev–Trinajstić information content (AvgIpc) is 2.27. The highest BCUT2D eigenvalue weighted by molar-refractivity contribution is 5.94. The van der Waals surface area contributed by atoms with Gasteiger partial charge in [-0.3, -0.25) is 4.79 Å². The monoisotopic (exact) mass is 264 g/mol. The van der Waals surface area contributed by atoms with E-state index in [1.165, 1.54) is 0 Å². The topological polar surface area (TPSA) is 75.3 Å². The molecule has 106 valence electrons. The Kier molecular flexibility index (Phi) is 4.71. The van der Waals surface area contributed by atoms with Crippen LogP contribution in [-0.2, 0) is 5.54 Å². The van der Waals surface area contributed by atoms with E-state index in [2.05, 4.69) is 5.32 Å². The van der Waals surface area contributed by atoms with E-state index in [4.69, 9.17) is 10.8 Å². The molecule has 4 N–H and O–H groups in total. The molecular weight excluding hydrogens is 240 g/mol. The molecule has 4 heteroatoms. The first-order valence-corrected chi connectivity index (χ1v) is 6.48. The van der Waals surface area contributed by atoms with Crippen LogP contribution in [0.15, 0.2) is 24.3 Å². The van der Waals surface area contributed by atoms with Crippen molar-refractivity contribution in [2.45, 2.75) is 45.2 Å². The number of nitrogens with two attached hydrogens (primary N) is 1.